The smallest absolute Gasteiger partial charge is 0.150 e. The van der Waals surface area contributed by atoms with Crippen LogP contribution in [0.15, 0.2) is 18.3 Å². The molecule has 2 heterocycles. The molecule has 0 bridgehead atoms. The number of nitrogens with zero attached hydrogens (tertiary/aromatic N) is 2. The van der Waals surface area contributed by atoms with Crippen molar-refractivity contribution in [3.05, 3.63) is 29.5 Å². The summed E-state index contributed by atoms with van der Waals surface area (Å²) in [5.41, 5.74) is 6.84. The van der Waals surface area contributed by atoms with Crippen molar-refractivity contribution in [2.75, 3.05) is 6.61 Å². The highest BCUT2D eigenvalue weighted by atomic mass is 28.3. The van der Waals surface area contributed by atoms with Crippen LogP contribution in [0.3, 0.4) is 0 Å². The number of benzene rings is 1. The van der Waals surface area contributed by atoms with Crippen LogP contribution in [0.5, 0.6) is 0 Å². The Morgan fingerprint density at radius 3 is 2.90 bits per heavy atom. The molecule has 109 valence electrons. The highest BCUT2D eigenvalue weighted by Crippen LogP contribution is 2.28. The van der Waals surface area contributed by atoms with E-state index in [9.17, 15) is 0 Å². The molecular formula is C17H21N2OSi. The molecule has 21 heavy (non-hydrogen) atoms. The van der Waals surface area contributed by atoms with Crippen molar-refractivity contribution >= 4 is 19.7 Å². The summed E-state index contributed by atoms with van der Waals surface area (Å²) in [5.74, 6) is 3.32. The summed E-state index contributed by atoms with van der Waals surface area (Å²) >= 11 is 0. The number of rotatable bonds is 1. The van der Waals surface area contributed by atoms with Crippen LogP contribution in [0.1, 0.15) is 36.6 Å². The first-order chi connectivity index (χ1) is 10.2. The van der Waals surface area contributed by atoms with Gasteiger partial charge in [-0.15, -0.1) is 5.54 Å². The summed E-state index contributed by atoms with van der Waals surface area (Å²) in [7, 11) is -0.515. The van der Waals surface area contributed by atoms with E-state index < -0.39 is 8.80 Å². The average molecular weight is 297 g/mol. The van der Waals surface area contributed by atoms with Crippen LogP contribution >= 0.6 is 0 Å². The first-order valence-electron chi connectivity index (χ1n) is 7.57. The fourth-order valence-electron chi connectivity index (χ4n) is 2.73. The molecule has 1 aliphatic rings. The van der Waals surface area contributed by atoms with Gasteiger partial charge in [-0.2, -0.15) is 5.10 Å². The Labute approximate surface area is 127 Å². The standard InChI is InChI=1S/C17H21N2OSi/c1-13-14(9-11-21(2)3)7-8-16-15(13)12-18-19(16)17-6-4-5-10-20-17/h7-8,12,17H,4-6,10H2,1-3H3. The van der Waals surface area contributed by atoms with Gasteiger partial charge in [-0.3, -0.25) is 0 Å². The van der Waals surface area contributed by atoms with Gasteiger partial charge >= 0.3 is 0 Å². The maximum absolute atomic E-state index is 5.86. The van der Waals surface area contributed by atoms with Gasteiger partial charge in [0.25, 0.3) is 0 Å². The third-order valence-electron chi connectivity index (χ3n) is 3.93. The minimum absolute atomic E-state index is 0.0914. The highest BCUT2D eigenvalue weighted by molar-refractivity contribution is 6.64. The van der Waals surface area contributed by atoms with Gasteiger partial charge in [-0.05, 0) is 43.9 Å². The van der Waals surface area contributed by atoms with Crippen LogP contribution in [0.25, 0.3) is 10.9 Å². The number of ether oxygens (including phenoxy) is 1. The van der Waals surface area contributed by atoms with E-state index >= 15 is 0 Å². The van der Waals surface area contributed by atoms with E-state index in [2.05, 4.69) is 48.7 Å². The molecule has 1 unspecified atom stereocenters. The van der Waals surface area contributed by atoms with Gasteiger partial charge in [0.05, 0.1) is 11.7 Å². The van der Waals surface area contributed by atoms with Gasteiger partial charge < -0.3 is 4.74 Å². The summed E-state index contributed by atoms with van der Waals surface area (Å²) in [6.07, 6.45) is 5.47. The maximum atomic E-state index is 5.86. The number of hydrogen-bond donors (Lipinski definition) is 0. The van der Waals surface area contributed by atoms with Crippen molar-refractivity contribution in [2.45, 2.75) is 45.5 Å². The van der Waals surface area contributed by atoms with Crippen LogP contribution in [0.2, 0.25) is 13.1 Å². The molecule has 1 aromatic heterocycles. The number of hydrogen-bond acceptors (Lipinski definition) is 2. The van der Waals surface area contributed by atoms with E-state index in [-0.39, 0.29) is 6.23 Å². The SMILES string of the molecule is Cc1c(C#C[Si](C)C)ccc2c1cnn2C1CCCCO1. The van der Waals surface area contributed by atoms with E-state index in [1.807, 2.05) is 10.9 Å². The Hall–Kier alpha value is -1.57. The molecule has 3 rings (SSSR count). The lowest BCUT2D eigenvalue weighted by Crippen LogP contribution is -2.18. The second-order valence-electron chi connectivity index (χ2n) is 5.83. The summed E-state index contributed by atoms with van der Waals surface area (Å²) < 4.78 is 7.89. The molecule has 3 nitrogen and oxygen atoms in total. The van der Waals surface area contributed by atoms with E-state index in [1.165, 1.54) is 17.4 Å². The maximum Gasteiger partial charge on any atom is 0.150 e. The summed E-state index contributed by atoms with van der Waals surface area (Å²) in [4.78, 5) is 0. The zero-order valence-corrected chi connectivity index (χ0v) is 13.9. The molecule has 1 aliphatic heterocycles. The fraction of sp³-hybridized carbons (Fsp3) is 0.471. The highest BCUT2D eigenvalue weighted by Gasteiger charge is 2.19. The topological polar surface area (TPSA) is 27.1 Å². The van der Waals surface area contributed by atoms with Crippen LogP contribution < -0.4 is 0 Å². The number of fused-ring (bicyclic) bond motifs is 1. The Morgan fingerprint density at radius 1 is 1.33 bits per heavy atom. The molecular weight excluding hydrogens is 276 g/mol. The molecule has 4 heteroatoms. The number of aromatic nitrogens is 2. The van der Waals surface area contributed by atoms with Crippen molar-refractivity contribution < 1.29 is 4.74 Å². The third-order valence-corrected chi connectivity index (χ3v) is 4.55. The van der Waals surface area contributed by atoms with E-state index in [1.54, 1.807) is 0 Å². The first-order valence-corrected chi connectivity index (χ1v) is 10.1. The van der Waals surface area contributed by atoms with Gasteiger partial charge in [-0.1, -0.05) is 19.0 Å². The molecule has 2 aromatic rings. The molecule has 0 spiro atoms. The second-order valence-corrected chi connectivity index (χ2v) is 8.08. The average Bonchev–Trinajstić information content (AvgIpc) is 2.92. The largest absolute Gasteiger partial charge is 0.356 e. The Morgan fingerprint density at radius 2 is 2.19 bits per heavy atom. The zero-order chi connectivity index (χ0) is 14.8. The van der Waals surface area contributed by atoms with Crippen molar-refractivity contribution in [3.63, 3.8) is 0 Å². The Balaban J connectivity index is 2.01. The lowest BCUT2D eigenvalue weighted by molar-refractivity contribution is -0.0366. The lowest BCUT2D eigenvalue weighted by Gasteiger charge is -2.23. The van der Waals surface area contributed by atoms with Crippen LogP contribution in [-0.2, 0) is 4.74 Å². The van der Waals surface area contributed by atoms with Gasteiger partial charge in [-0.25, -0.2) is 4.68 Å². The number of aryl methyl sites for hydroxylation is 1. The van der Waals surface area contributed by atoms with Crippen LogP contribution in [0, 0.1) is 18.4 Å². The molecule has 1 atom stereocenters. The lowest BCUT2D eigenvalue weighted by atomic mass is 10.1. The monoisotopic (exact) mass is 297 g/mol. The normalized spacial score (nSPS) is 18.8. The zero-order valence-electron chi connectivity index (χ0n) is 12.9. The van der Waals surface area contributed by atoms with Crippen molar-refractivity contribution in [3.8, 4) is 11.5 Å². The van der Waals surface area contributed by atoms with Gasteiger partial charge in [0, 0.05) is 17.6 Å². The Kier molecular flexibility index (Phi) is 4.14. The first kappa shape index (κ1) is 14.4. The predicted octanol–water partition coefficient (Wildman–Crippen LogP) is 3.69. The third kappa shape index (κ3) is 2.90. The molecule has 1 fully saturated rings. The Bertz CT molecular complexity index is 703. The fourth-order valence-corrected chi connectivity index (χ4v) is 3.12. The van der Waals surface area contributed by atoms with Crippen molar-refractivity contribution in [1.82, 2.24) is 9.78 Å². The molecule has 0 N–H and O–H groups in total. The van der Waals surface area contributed by atoms with E-state index in [0.29, 0.717) is 0 Å². The second kappa shape index (κ2) is 6.04. The van der Waals surface area contributed by atoms with Gasteiger partial charge in [0.1, 0.15) is 8.80 Å². The van der Waals surface area contributed by atoms with Gasteiger partial charge in [0.2, 0.25) is 0 Å². The minimum Gasteiger partial charge on any atom is -0.356 e. The summed E-state index contributed by atoms with van der Waals surface area (Å²) in [6.45, 7) is 7.40. The van der Waals surface area contributed by atoms with Crippen LogP contribution in [0.4, 0.5) is 0 Å². The molecule has 0 aliphatic carbocycles. The van der Waals surface area contributed by atoms with Crippen LogP contribution in [-0.4, -0.2) is 25.2 Å². The van der Waals surface area contributed by atoms with E-state index in [0.717, 1.165) is 30.5 Å². The molecule has 1 saturated heterocycles. The summed E-state index contributed by atoms with van der Waals surface area (Å²) in [6, 6.07) is 4.26. The van der Waals surface area contributed by atoms with Crippen molar-refractivity contribution in [2.24, 2.45) is 0 Å². The molecule has 0 amide bonds. The minimum atomic E-state index is -0.515. The molecule has 1 aromatic carbocycles. The molecule has 0 saturated carbocycles. The summed E-state index contributed by atoms with van der Waals surface area (Å²) in [5, 5.41) is 5.76. The van der Waals surface area contributed by atoms with Crippen molar-refractivity contribution in [1.29, 1.82) is 0 Å². The predicted molar refractivity (Wildman–Crippen MR) is 87.7 cm³/mol. The van der Waals surface area contributed by atoms with Gasteiger partial charge in [0.15, 0.2) is 6.23 Å². The quantitative estimate of drug-likeness (QED) is 0.593. The van der Waals surface area contributed by atoms with E-state index in [4.69, 9.17) is 4.74 Å². The molecule has 1 radical (unpaired) electrons.